The smallest absolute Gasteiger partial charge is 0.344 e. The Morgan fingerprint density at radius 1 is 1.31 bits per heavy atom. The summed E-state index contributed by atoms with van der Waals surface area (Å²) in [5.41, 5.74) is 1.35. The summed E-state index contributed by atoms with van der Waals surface area (Å²) >= 11 is 1.63. The SMILES string of the molecule is CC(C)(C)OC(=O)COc1cccc(-c2csc(N3CCOCC3)n2)c1. The first kappa shape index (κ1) is 18.7. The van der Waals surface area contributed by atoms with Gasteiger partial charge < -0.3 is 19.1 Å². The zero-order valence-corrected chi connectivity index (χ0v) is 16.2. The van der Waals surface area contributed by atoms with Gasteiger partial charge in [-0.1, -0.05) is 12.1 Å². The molecule has 1 aliphatic rings. The molecular weight excluding hydrogens is 352 g/mol. The summed E-state index contributed by atoms with van der Waals surface area (Å²) in [6, 6.07) is 7.59. The van der Waals surface area contributed by atoms with E-state index in [0.29, 0.717) is 5.75 Å². The Kier molecular flexibility index (Phi) is 5.78. The normalized spacial score (nSPS) is 15.0. The number of nitrogens with zero attached hydrogens (tertiary/aromatic N) is 2. The van der Waals surface area contributed by atoms with Crippen LogP contribution in [0.15, 0.2) is 29.6 Å². The maximum absolute atomic E-state index is 11.8. The molecule has 1 fully saturated rings. The topological polar surface area (TPSA) is 60.9 Å². The van der Waals surface area contributed by atoms with Gasteiger partial charge >= 0.3 is 5.97 Å². The number of anilines is 1. The predicted octanol–water partition coefficient (Wildman–Crippen LogP) is 3.37. The van der Waals surface area contributed by atoms with Gasteiger partial charge in [0.25, 0.3) is 0 Å². The summed E-state index contributed by atoms with van der Waals surface area (Å²) in [4.78, 5) is 18.8. The Bertz CT molecular complexity index is 748. The third-order valence-corrected chi connectivity index (χ3v) is 4.58. The molecule has 2 aromatic rings. The zero-order chi connectivity index (χ0) is 18.6. The highest BCUT2D eigenvalue weighted by Gasteiger charge is 2.17. The fourth-order valence-electron chi connectivity index (χ4n) is 2.56. The Morgan fingerprint density at radius 2 is 2.08 bits per heavy atom. The van der Waals surface area contributed by atoms with Gasteiger partial charge in [0, 0.05) is 24.0 Å². The monoisotopic (exact) mass is 376 g/mol. The molecular formula is C19H24N2O4S. The lowest BCUT2D eigenvalue weighted by Gasteiger charge is -2.26. The second kappa shape index (κ2) is 8.05. The zero-order valence-electron chi connectivity index (χ0n) is 15.4. The van der Waals surface area contributed by atoms with Crippen molar-refractivity contribution >= 4 is 22.4 Å². The summed E-state index contributed by atoms with van der Waals surface area (Å²) in [6.45, 7) is 8.60. The van der Waals surface area contributed by atoms with Crippen LogP contribution in [0.5, 0.6) is 5.75 Å². The van der Waals surface area contributed by atoms with E-state index >= 15 is 0 Å². The molecule has 26 heavy (non-hydrogen) atoms. The summed E-state index contributed by atoms with van der Waals surface area (Å²) in [5, 5.41) is 3.04. The molecule has 0 unspecified atom stereocenters. The van der Waals surface area contributed by atoms with Gasteiger partial charge in [-0.25, -0.2) is 9.78 Å². The minimum atomic E-state index is -0.515. The van der Waals surface area contributed by atoms with Gasteiger partial charge in [0.1, 0.15) is 11.4 Å². The molecule has 140 valence electrons. The summed E-state index contributed by atoms with van der Waals surface area (Å²) in [7, 11) is 0. The molecule has 0 N–H and O–H groups in total. The molecule has 1 aromatic heterocycles. The highest BCUT2D eigenvalue weighted by atomic mass is 32.1. The Morgan fingerprint density at radius 3 is 2.81 bits per heavy atom. The number of aromatic nitrogens is 1. The van der Waals surface area contributed by atoms with Crippen LogP contribution in [0.4, 0.5) is 5.13 Å². The maximum Gasteiger partial charge on any atom is 0.344 e. The quantitative estimate of drug-likeness (QED) is 0.746. The number of thiazole rings is 1. The lowest BCUT2D eigenvalue weighted by atomic mass is 10.2. The molecule has 2 heterocycles. The first-order chi connectivity index (χ1) is 12.4. The number of rotatable bonds is 5. The standard InChI is InChI=1S/C19H24N2O4S/c1-19(2,3)25-17(22)12-24-15-6-4-5-14(11-15)16-13-26-18(20-16)21-7-9-23-10-8-21/h4-6,11,13H,7-10,12H2,1-3H3. The molecule has 0 spiro atoms. The van der Waals surface area contributed by atoms with Crippen LogP contribution in [0.1, 0.15) is 20.8 Å². The van der Waals surface area contributed by atoms with Crippen LogP contribution in [-0.4, -0.2) is 49.5 Å². The predicted molar refractivity (Wildman–Crippen MR) is 102 cm³/mol. The van der Waals surface area contributed by atoms with E-state index < -0.39 is 5.60 Å². The average molecular weight is 376 g/mol. The third-order valence-electron chi connectivity index (χ3n) is 3.68. The van der Waals surface area contributed by atoms with E-state index in [1.165, 1.54) is 0 Å². The van der Waals surface area contributed by atoms with Crippen LogP contribution in [0.25, 0.3) is 11.3 Å². The molecule has 0 radical (unpaired) electrons. The fraction of sp³-hybridized carbons (Fsp3) is 0.474. The van der Waals surface area contributed by atoms with Gasteiger partial charge in [-0.15, -0.1) is 11.3 Å². The number of esters is 1. The van der Waals surface area contributed by atoms with Crippen molar-refractivity contribution in [3.05, 3.63) is 29.6 Å². The number of morpholine rings is 1. The second-order valence-corrected chi connectivity index (χ2v) is 7.85. The molecule has 0 atom stereocenters. The van der Waals surface area contributed by atoms with Crippen molar-refractivity contribution in [2.45, 2.75) is 26.4 Å². The van der Waals surface area contributed by atoms with Crippen LogP contribution in [-0.2, 0) is 14.3 Å². The van der Waals surface area contributed by atoms with E-state index in [1.54, 1.807) is 11.3 Å². The van der Waals surface area contributed by atoms with E-state index in [9.17, 15) is 4.79 Å². The molecule has 0 saturated carbocycles. The number of carbonyl (C=O) groups excluding carboxylic acids is 1. The number of hydrogen-bond donors (Lipinski definition) is 0. The molecule has 0 aliphatic carbocycles. The van der Waals surface area contributed by atoms with Crippen molar-refractivity contribution < 1.29 is 19.0 Å². The van der Waals surface area contributed by atoms with Crippen LogP contribution in [0.3, 0.4) is 0 Å². The summed E-state index contributed by atoms with van der Waals surface area (Å²) in [6.07, 6.45) is 0. The maximum atomic E-state index is 11.8. The van der Waals surface area contributed by atoms with E-state index in [4.69, 9.17) is 19.2 Å². The molecule has 7 heteroatoms. The molecule has 6 nitrogen and oxygen atoms in total. The number of ether oxygens (including phenoxy) is 3. The summed E-state index contributed by atoms with van der Waals surface area (Å²) < 4.78 is 16.2. The second-order valence-electron chi connectivity index (χ2n) is 7.02. The minimum Gasteiger partial charge on any atom is -0.482 e. The lowest BCUT2D eigenvalue weighted by Crippen LogP contribution is -2.36. The number of hydrogen-bond acceptors (Lipinski definition) is 7. The van der Waals surface area contributed by atoms with Crippen molar-refractivity contribution in [3.63, 3.8) is 0 Å². The van der Waals surface area contributed by atoms with Gasteiger partial charge in [-0.3, -0.25) is 0 Å². The summed E-state index contributed by atoms with van der Waals surface area (Å²) in [5.74, 6) is 0.237. The highest BCUT2D eigenvalue weighted by molar-refractivity contribution is 7.14. The van der Waals surface area contributed by atoms with Crippen LogP contribution in [0, 0.1) is 0 Å². The van der Waals surface area contributed by atoms with Crippen molar-refractivity contribution in [1.82, 2.24) is 4.98 Å². The molecule has 1 aliphatic heterocycles. The average Bonchev–Trinajstić information content (AvgIpc) is 3.10. The fourth-order valence-corrected chi connectivity index (χ4v) is 3.44. The van der Waals surface area contributed by atoms with Gasteiger partial charge in [-0.2, -0.15) is 0 Å². The molecule has 1 aromatic carbocycles. The Hall–Kier alpha value is -2.12. The number of benzene rings is 1. The molecule has 1 saturated heterocycles. The van der Waals surface area contributed by atoms with Crippen molar-refractivity contribution in [2.24, 2.45) is 0 Å². The van der Waals surface area contributed by atoms with Gasteiger partial charge in [0.15, 0.2) is 11.7 Å². The first-order valence-corrected chi connectivity index (χ1v) is 9.52. The van der Waals surface area contributed by atoms with Gasteiger partial charge in [0.05, 0.1) is 18.9 Å². The lowest BCUT2D eigenvalue weighted by molar-refractivity contribution is -0.157. The Labute approximate surface area is 157 Å². The third kappa shape index (κ3) is 5.19. The molecule has 0 bridgehead atoms. The van der Waals surface area contributed by atoms with Gasteiger partial charge in [0.2, 0.25) is 0 Å². The molecule has 3 rings (SSSR count). The minimum absolute atomic E-state index is 0.114. The van der Waals surface area contributed by atoms with E-state index in [-0.39, 0.29) is 12.6 Å². The van der Waals surface area contributed by atoms with Crippen molar-refractivity contribution in [3.8, 4) is 17.0 Å². The van der Waals surface area contributed by atoms with Crippen molar-refractivity contribution in [2.75, 3.05) is 37.8 Å². The van der Waals surface area contributed by atoms with Crippen LogP contribution >= 0.6 is 11.3 Å². The van der Waals surface area contributed by atoms with E-state index in [0.717, 1.165) is 42.7 Å². The van der Waals surface area contributed by atoms with Crippen LogP contribution in [0.2, 0.25) is 0 Å². The Balaban J connectivity index is 1.64. The van der Waals surface area contributed by atoms with Crippen molar-refractivity contribution in [1.29, 1.82) is 0 Å². The largest absolute Gasteiger partial charge is 0.482 e. The van der Waals surface area contributed by atoms with Gasteiger partial charge in [-0.05, 0) is 32.9 Å². The van der Waals surface area contributed by atoms with E-state index in [2.05, 4.69) is 4.90 Å². The number of carbonyl (C=O) groups is 1. The van der Waals surface area contributed by atoms with E-state index in [1.807, 2.05) is 50.4 Å². The first-order valence-electron chi connectivity index (χ1n) is 8.64. The highest BCUT2D eigenvalue weighted by Crippen LogP contribution is 2.29. The molecule has 0 amide bonds. The van der Waals surface area contributed by atoms with Crippen LogP contribution < -0.4 is 9.64 Å².